The summed E-state index contributed by atoms with van der Waals surface area (Å²) in [6.45, 7) is 8.17. The van der Waals surface area contributed by atoms with Gasteiger partial charge in [0.25, 0.3) is 5.91 Å². The molecule has 4 nitrogen and oxygen atoms in total. The Balaban J connectivity index is 1.81. The lowest BCUT2D eigenvalue weighted by Gasteiger charge is -2.13. The third kappa shape index (κ3) is 5.66. The quantitative estimate of drug-likeness (QED) is 0.750. The minimum absolute atomic E-state index is 0.0759. The van der Waals surface area contributed by atoms with Crippen LogP contribution in [0.4, 0.5) is 0 Å². The van der Waals surface area contributed by atoms with Gasteiger partial charge in [-0.25, -0.2) is 0 Å². The van der Waals surface area contributed by atoms with Gasteiger partial charge in [0.05, 0.1) is 6.26 Å². The maximum absolute atomic E-state index is 12.2. The van der Waals surface area contributed by atoms with Crippen LogP contribution >= 0.6 is 0 Å². The predicted octanol–water partition coefficient (Wildman–Crippen LogP) is 3.99. The first-order chi connectivity index (χ1) is 11.0. The first-order valence-electron chi connectivity index (χ1n) is 7.75. The number of hydrogen-bond acceptors (Lipinski definition) is 3. The Hall–Kier alpha value is -2.49. The lowest BCUT2D eigenvalue weighted by molar-refractivity contribution is 0.0938. The van der Waals surface area contributed by atoms with Crippen molar-refractivity contribution in [3.8, 4) is 5.75 Å². The molecule has 1 aromatic heterocycles. The van der Waals surface area contributed by atoms with Crippen molar-refractivity contribution < 1.29 is 13.9 Å². The molecule has 1 heterocycles. The van der Waals surface area contributed by atoms with Gasteiger partial charge >= 0.3 is 0 Å². The second kappa shape index (κ2) is 8.22. The molecule has 122 valence electrons. The van der Waals surface area contributed by atoms with Crippen LogP contribution in [-0.2, 0) is 6.42 Å². The lowest BCUT2D eigenvalue weighted by atomic mass is 10.1. The fourth-order valence-corrected chi connectivity index (χ4v) is 2.10. The number of amides is 1. The average molecular weight is 313 g/mol. The predicted molar refractivity (Wildman–Crippen MR) is 90.7 cm³/mol. The standard InChI is InChI=1S/C19H23NO3/c1-14(2)13-23-18-10-7-16(8-11-18)19(21)20-15(3)6-9-17-5-4-12-22-17/h4-5,7-8,10-12,15H,1,6,9,13H2,2-3H3,(H,20,21)/t15-/m0/s1. The Labute approximate surface area is 137 Å². The van der Waals surface area contributed by atoms with E-state index >= 15 is 0 Å². The number of carbonyl (C=O) groups is 1. The number of ether oxygens (including phenoxy) is 1. The van der Waals surface area contributed by atoms with Crippen LogP contribution in [0.1, 0.15) is 36.4 Å². The Morgan fingerprint density at radius 1 is 1.30 bits per heavy atom. The molecule has 0 fully saturated rings. The van der Waals surface area contributed by atoms with Crippen LogP contribution in [-0.4, -0.2) is 18.6 Å². The number of furan rings is 1. The summed E-state index contributed by atoms with van der Waals surface area (Å²) in [7, 11) is 0. The first-order valence-corrected chi connectivity index (χ1v) is 7.75. The Morgan fingerprint density at radius 2 is 2.04 bits per heavy atom. The van der Waals surface area contributed by atoms with Crippen molar-refractivity contribution in [1.29, 1.82) is 0 Å². The molecule has 2 rings (SSSR count). The number of benzene rings is 1. The number of aryl methyl sites for hydroxylation is 1. The lowest BCUT2D eigenvalue weighted by Crippen LogP contribution is -2.32. The van der Waals surface area contributed by atoms with Gasteiger partial charge in [-0.3, -0.25) is 4.79 Å². The molecular formula is C19H23NO3. The van der Waals surface area contributed by atoms with Gasteiger partial charge in [-0.2, -0.15) is 0 Å². The summed E-state index contributed by atoms with van der Waals surface area (Å²) in [4.78, 5) is 12.2. The molecule has 23 heavy (non-hydrogen) atoms. The molecule has 0 aliphatic heterocycles. The second-order valence-corrected chi connectivity index (χ2v) is 5.76. The summed E-state index contributed by atoms with van der Waals surface area (Å²) in [6.07, 6.45) is 3.30. The first kappa shape index (κ1) is 16.9. The highest BCUT2D eigenvalue weighted by Crippen LogP contribution is 2.13. The summed E-state index contributed by atoms with van der Waals surface area (Å²) >= 11 is 0. The van der Waals surface area contributed by atoms with Crippen LogP contribution in [0.2, 0.25) is 0 Å². The fourth-order valence-electron chi connectivity index (χ4n) is 2.10. The van der Waals surface area contributed by atoms with Crippen molar-refractivity contribution >= 4 is 5.91 Å². The minimum Gasteiger partial charge on any atom is -0.489 e. The van der Waals surface area contributed by atoms with E-state index in [1.54, 1.807) is 30.5 Å². The third-order valence-corrected chi connectivity index (χ3v) is 3.38. The third-order valence-electron chi connectivity index (χ3n) is 3.38. The van der Waals surface area contributed by atoms with Crippen molar-refractivity contribution in [3.05, 3.63) is 66.1 Å². The molecule has 0 aliphatic rings. The molecule has 0 radical (unpaired) electrons. The highest BCUT2D eigenvalue weighted by atomic mass is 16.5. The van der Waals surface area contributed by atoms with Crippen molar-refractivity contribution in [3.63, 3.8) is 0 Å². The fraction of sp³-hybridized carbons (Fsp3) is 0.316. The maximum atomic E-state index is 12.2. The minimum atomic E-state index is -0.0802. The van der Waals surface area contributed by atoms with Crippen LogP contribution in [0, 0.1) is 0 Å². The number of carbonyl (C=O) groups excluding carboxylic acids is 1. The van der Waals surface area contributed by atoms with E-state index in [4.69, 9.17) is 9.15 Å². The molecule has 4 heteroatoms. The van der Waals surface area contributed by atoms with Gasteiger partial charge in [0.2, 0.25) is 0 Å². The molecule has 0 saturated heterocycles. The van der Waals surface area contributed by atoms with Crippen LogP contribution < -0.4 is 10.1 Å². The highest BCUT2D eigenvalue weighted by molar-refractivity contribution is 5.94. The molecule has 1 atom stereocenters. The Morgan fingerprint density at radius 3 is 2.65 bits per heavy atom. The van der Waals surface area contributed by atoms with E-state index in [0.717, 1.165) is 29.9 Å². The molecule has 0 bridgehead atoms. The van der Waals surface area contributed by atoms with E-state index in [0.29, 0.717) is 12.2 Å². The molecule has 0 aliphatic carbocycles. The van der Waals surface area contributed by atoms with E-state index in [2.05, 4.69) is 11.9 Å². The maximum Gasteiger partial charge on any atom is 0.251 e. The van der Waals surface area contributed by atoms with E-state index in [-0.39, 0.29) is 11.9 Å². The van der Waals surface area contributed by atoms with Gasteiger partial charge < -0.3 is 14.5 Å². The van der Waals surface area contributed by atoms with E-state index < -0.39 is 0 Å². The Kier molecular flexibility index (Phi) is 6.03. The highest BCUT2D eigenvalue weighted by Gasteiger charge is 2.10. The second-order valence-electron chi connectivity index (χ2n) is 5.76. The number of hydrogen-bond donors (Lipinski definition) is 1. The van der Waals surface area contributed by atoms with Crippen molar-refractivity contribution in [1.82, 2.24) is 5.32 Å². The SMILES string of the molecule is C=C(C)COc1ccc(C(=O)N[C@@H](C)CCc2ccco2)cc1. The van der Waals surface area contributed by atoms with Crippen molar-refractivity contribution in [2.75, 3.05) is 6.61 Å². The molecular weight excluding hydrogens is 290 g/mol. The van der Waals surface area contributed by atoms with Crippen molar-refractivity contribution in [2.45, 2.75) is 32.7 Å². The molecule has 1 amide bonds. The van der Waals surface area contributed by atoms with E-state index in [1.165, 1.54) is 0 Å². The van der Waals surface area contributed by atoms with Crippen LogP contribution in [0.15, 0.2) is 59.2 Å². The molecule has 1 N–H and O–H groups in total. The zero-order valence-electron chi connectivity index (χ0n) is 13.7. The van der Waals surface area contributed by atoms with Gasteiger partial charge in [-0.15, -0.1) is 0 Å². The average Bonchev–Trinajstić information content (AvgIpc) is 3.05. The molecule has 0 saturated carbocycles. The summed E-state index contributed by atoms with van der Waals surface area (Å²) in [5, 5.41) is 2.99. The molecule has 0 spiro atoms. The summed E-state index contributed by atoms with van der Waals surface area (Å²) in [6, 6.07) is 11.0. The Bertz CT molecular complexity index is 629. The van der Waals surface area contributed by atoms with Crippen LogP contribution in [0.3, 0.4) is 0 Å². The van der Waals surface area contributed by atoms with Gasteiger partial charge in [0.1, 0.15) is 18.1 Å². The summed E-state index contributed by atoms with van der Waals surface area (Å²) in [5.74, 6) is 1.59. The summed E-state index contributed by atoms with van der Waals surface area (Å²) in [5.41, 5.74) is 1.58. The van der Waals surface area contributed by atoms with E-state index in [1.807, 2.05) is 26.0 Å². The number of rotatable bonds is 8. The van der Waals surface area contributed by atoms with Gasteiger partial charge in [-0.05, 0) is 62.2 Å². The molecule has 0 unspecified atom stereocenters. The zero-order valence-corrected chi connectivity index (χ0v) is 13.7. The van der Waals surface area contributed by atoms with Crippen molar-refractivity contribution in [2.24, 2.45) is 0 Å². The smallest absolute Gasteiger partial charge is 0.251 e. The normalized spacial score (nSPS) is 11.7. The topological polar surface area (TPSA) is 51.5 Å². The largest absolute Gasteiger partial charge is 0.489 e. The molecule has 2 aromatic rings. The summed E-state index contributed by atoms with van der Waals surface area (Å²) < 4.78 is 10.8. The van der Waals surface area contributed by atoms with Crippen LogP contribution in [0.25, 0.3) is 0 Å². The van der Waals surface area contributed by atoms with Gasteiger partial charge in [-0.1, -0.05) is 6.58 Å². The number of nitrogens with one attached hydrogen (secondary N) is 1. The molecule has 1 aromatic carbocycles. The monoisotopic (exact) mass is 313 g/mol. The van der Waals surface area contributed by atoms with E-state index in [9.17, 15) is 4.79 Å². The van der Waals surface area contributed by atoms with Gasteiger partial charge in [0, 0.05) is 18.0 Å². The van der Waals surface area contributed by atoms with Crippen LogP contribution in [0.5, 0.6) is 5.75 Å². The van der Waals surface area contributed by atoms with Gasteiger partial charge in [0.15, 0.2) is 0 Å². The zero-order chi connectivity index (χ0) is 16.7.